The zero-order chi connectivity index (χ0) is 24.2. The second-order valence-electron chi connectivity index (χ2n) is 9.85. The molecule has 0 fully saturated rings. The molecule has 0 aromatic heterocycles. The van der Waals surface area contributed by atoms with E-state index in [1.165, 1.54) is 5.56 Å². The second-order valence-corrected chi connectivity index (χ2v) is 9.85. The molecule has 0 aliphatic carbocycles. The van der Waals surface area contributed by atoms with E-state index in [1.54, 1.807) is 0 Å². The third-order valence-corrected chi connectivity index (χ3v) is 7.23. The number of aryl methyl sites for hydroxylation is 1. The molecular weight excluding hydrogens is 434 g/mol. The number of esters is 1. The molecule has 6 rings (SSSR count). The molecule has 4 aromatic carbocycles. The van der Waals surface area contributed by atoms with E-state index in [0.717, 1.165) is 64.0 Å². The molecule has 0 bridgehead atoms. The average molecular weight is 464 g/mol. The summed E-state index contributed by atoms with van der Waals surface area (Å²) in [7, 11) is 0. The van der Waals surface area contributed by atoms with Crippen LogP contribution < -0.4 is 10.1 Å². The van der Waals surface area contributed by atoms with Crippen molar-refractivity contribution in [2.75, 3.05) is 11.9 Å². The fourth-order valence-electron chi connectivity index (χ4n) is 5.45. The zero-order valence-corrected chi connectivity index (χ0v) is 20.4. The van der Waals surface area contributed by atoms with Crippen molar-refractivity contribution in [2.45, 2.75) is 39.2 Å². The molecule has 0 amide bonds. The Bertz CT molecular complexity index is 1470. The molecule has 0 saturated heterocycles. The molecule has 1 unspecified atom stereocenters. The van der Waals surface area contributed by atoms with Crippen molar-refractivity contribution in [3.8, 4) is 11.5 Å². The Balaban J connectivity index is 1.64. The SMILES string of the molecule is CCc1ccc2c(c1)Oc1ccc3ccccc3c1C21OC(=O)c2c(NCCC(C)C)cccc21. The minimum Gasteiger partial charge on any atom is -0.456 e. The van der Waals surface area contributed by atoms with Gasteiger partial charge in [0.25, 0.3) is 0 Å². The lowest BCUT2D eigenvalue weighted by atomic mass is 9.75. The van der Waals surface area contributed by atoms with Crippen molar-refractivity contribution < 1.29 is 14.3 Å². The topological polar surface area (TPSA) is 47.6 Å². The van der Waals surface area contributed by atoms with Crippen LogP contribution in [0.25, 0.3) is 10.8 Å². The summed E-state index contributed by atoms with van der Waals surface area (Å²) in [5.41, 5.74) is 4.16. The van der Waals surface area contributed by atoms with Crippen LogP contribution in [0.4, 0.5) is 5.69 Å². The maximum Gasteiger partial charge on any atom is 0.342 e. The van der Waals surface area contributed by atoms with E-state index in [9.17, 15) is 4.79 Å². The van der Waals surface area contributed by atoms with Gasteiger partial charge >= 0.3 is 5.97 Å². The summed E-state index contributed by atoms with van der Waals surface area (Å²) < 4.78 is 13.0. The van der Waals surface area contributed by atoms with Crippen molar-refractivity contribution >= 4 is 22.4 Å². The molecule has 0 radical (unpaired) electrons. The number of hydrogen-bond acceptors (Lipinski definition) is 4. The van der Waals surface area contributed by atoms with E-state index in [1.807, 2.05) is 36.4 Å². The molecule has 2 aliphatic rings. The van der Waals surface area contributed by atoms with Crippen molar-refractivity contribution in [1.29, 1.82) is 0 Å². The van der Waals surface area contributed by atoms with Crippen molar-refractivity contribution in [3.05, 3.63) is 101 Å². The quantitative estimate of drug-likeness (QED) is 0.313. The monoisotopic (exact) mass is 463 g/mol. The Morgan fingerprint density at radius 1 is 0.914 bits per heavy atom. The van der Waals surface area contributed by atoms with E-state index in [4.69, 9.17) is 9.47 Å². The van der Waals surface area contributed by atoms with Crippen LogP contribution in [0.2, 0.25) is 0 Å². The molecular formula is C31H29NO3. The minimum absolute atomic E-state index is 0.307. The highest BCUT2D eigenvalue weighted by molar-refractivity contribution is 6.04. The lowest BCUT2D eigenvalue weighted by Crippen LogP contribution is -2.33. The van der Waals surface area contributed by atoms with Crippen molar-refractivity contribution in [1.82, 2.24) is 0 Å². The van der Waals surface area contributed by atoms with Crippen LogP contribution in [0.1, 0.15) is 59.8 Å². The number of nitrogens with one attached hydrogen (secondary N) is 1. The molecule has 1 spiro atoms. The summed E-state index contributed by atoms with van der Waals surface area (Å²) in [6.07, 6.45) is 1.92. The van der Waals surface area contributed by atoms with Gasteiger partial charge in [0.1, 0.15) is 11.5 Å². The van der Waals surface area contributed by atoms with Crippen LogP contribution >= 0.6 is 0 Å². The van der Waals surface area contributed by atoms with E-state index in [2.05, 4.69) is 62.5 Å². The van der Waals surface area contributed by atoms with E-state index >= 15 is 0 Å². The summed E-state index contributed by atoms with van der Waals surface area (Å²) in [5.74, 6) is 1.74. The number of carbonyl (C=O) groups excluding carboxylic acids is 1. The maximum atomic E-state index is 13.6. The molecule has 0 saturated carbocycles. The van der Waals surface area contributed by atoms with Gasteiger partial charge < -0.3 is 14.8 Å². The highest BCUT2D eigenvalue weighted by atomic mass is 16.6. The predicted octanol–water partition coefficient (Wildman–Crippen LogP) is 7.43. The fourth-order valence-corrected chi connectivity index (χ4v) is 5.45. The van der Waals surface area contributed by atoms with Gasteiger partial charge in [-0.3, -0.25) is 0 Å². The Kier molecular flexibility index (Phi) is 5.06. The summed E-state index contributed by atoms with van der Waals surface area (Å²) in [6.45, 7) is 7.33. The predicted molar refractivity (Wildman–Crippen MR) is 140 cm³/mol. The molecule has 4 nitrogen and oxygen atoms in total. The summed E-state index contributed by atoms with van der Waals surface area (Å²) in [5, 5.41) is 5.60. The van der Waals surface area contributed by atoms with E-state index < -0.39 is 5.60 Å². The number of benzene rings is 4. The number of hydrogen-bond donors (Lipinski definition) is 1. The maximum absolute atomic E-state index is 13.6. The van der Waals surface area contributed by atoms with Crippen molar-refractivity contribution in [2.24, 2.45) is 5.92 Å². The largest absolute Gasteiger partial charge is 0.456 e. The van der Waals surface area contributed by atoms with Gasteiger partial charge in [0.15, 0.2) is 5.60 Å². The summed E-state index contributed by atoms with van der Waals surface area (Å²) in [6, 6.07) is 24.6. The number of fused-ring (bicyclic) bond motifs is 8. The molecule has 2 heterocycles. The average Bonchev–Trinajstić information content (AvgIpc) is 3.16. The van der Waals surface area contributed by atoms with Gasteiger partial charge in [0.05, 0.1) is 11.1 Å². The highest BCUT2D eigenvalue weighted by Gasteiger charge is 2.55. The first kappa shape index (κ1) is 21.7. The molecule has 2 aliphatic heterocycles. The highest BCUT2D eigenvalue weighted by Crippen LogP contribution is 2.58. The van der Waals surface area contributed by atoms with Gasteiger partial charge in [-0.2, -0.15) is 0 Å². The zero-order valence-electron chi connectivity index (χ0n) is 20.4. The lowest BCUT2D eigenvalue weighted by molar-refractivity contribution is 0.0230. The van der Waals surface area contributed by atoms with Gasteiger partial charge in [0, 0.05) is 23.4 Å². The van der Waals surface area contributed by atoms with Crippen molar-refractivity contribution in [3.63, 3.8) is 0 Å². The fraction of sp³-hybridized carbons (Fsp3) is 0.258. The van der Waals surface area contributed by atoms with Crippen LogP contribution in [0, 0.1) is 5.92 Å². The first-order valence-corrected chi connectivity index (χ1v) is 12.5. The third-order valence-electron chi connectivity index (χ3n) is 7.23. The van der Waals surface area contributed by atoms with Gasteiger partial charge in [-0.1, -0.05) is 75.4 Å². The molecule has 4 heteroatoms. The Morgan fingerprint density at radius 3 is 2.60 bits per heavy atom. The smallest absolute Gasteiger partial charge is 0.342 e. The molecule has 4 aromatic rings. The number of rotatable bonds is 5. The molecule has 35 heavy (non-hydrogen) atoms. The van der Waals surface area contributed by atoms with Crippen LogP contribution in [-0.4, -0.2) is 12.5 Å². The molecule has 1 N–H and O–H groups in total. The first-order chi connectivity index (χ1) is 17.0. The van der Waals surface area contributed by atoms with Crippen LogP contribution in [0.3, 0.4) is 0 Å². The van der Waals surface area contributed by atoms with Gasteiger partial charge in [-0.15, -0.1) is 0 Å². The Hall–Kier alpha value is -3.79. The van der Waals surface area contributed by atoms with Gasteiger partial charge in [0.2, 0.25) is 0 Å². The summed E-state index contributed by atoms with van der Waals surface area (Å²) in [4.78, 5) is 13.6. The minimum atomic E-state index is -1.07. The van der Waals surface area contributed by atoms with E-state index in [-0.39, 0.29) is 5.97 Å². The first-order valence-electron chi connectivity index (χ1n) is 12.5. The number of ether oxygens (including phenoxy) is 2. The number of anilines is 1. The third kappa shape index (κ3) is 3.23. The molecule has 176 valence electrons. The molecule has 1 atom stereocenters. The Morgan fingerprint density at radius 2 is 1.77 bits per heavy atom. The van der Waals surface area contributed by atoms with E-state index in [0.29, 0.717) is 11.5 Å². The van der Waals surface area contributed by atoms with Gasteiger partial charge in [-0.25, -0.2) is 4.79 Å². The van der Waals surface area contributed by atoms with Gasteiger partial charge in [-0.05, 0) is 53.3 Å². The second kappa shape index (κ2) is 8.16. The number of carbonyl (C=O) groups is 1. The standard InChI is InChI=1S/C31H29NO3/c1-4-20-12-14-23-27(18-20)34-26-15-13-21-8-5-6-9-22(21)29(26)31(23)24-10-7-11-25(28(24)30(33)35-31)32-17-16-19(2)3/h5-15,18-19,32H,4,16-17H2,1-3H3. The lowest BCUT2D eigenvalue weighted by Gasteiger charge is -2.37. The van der Waals surface area contributed by atoms with Crippen LogP contribution in [0.15, 0.2) is 72.8 Å². The normalized spacial score (nSPS) is 17.7. The Labute approximate surface area is 205 Å². The van der Waals surface area contributed by atoms with Crippen LogP contribution in [0.5, 0.6) is 11.5 Å². The van der Waals surface area contributed by atoms with Crippen LogP contribution in [-0.2, 0) is 16.8 Å². The summed E-state index contributed by atoms with van der Waals surface area (Å²) >= 11 is 0.